The maximum atomic E-state index is 4.86. The fourth-order valence-corrected chi connectivity index (χ4v) is 5.27. The van der Waals surface area contributed by atoms with E-state index in [0.29, 0.717) is 0 Å². The number of rotatable bonds is 4. The second-order valence-corrected chi connectivity index (χ2v) is 10.6. The molecule has 0 unspecified atom stereocenters. The van der Waals surface area contributed by atoms with Gasteiger partial charge in [-0.05, 0) is 117 Å². The van der Waals surface area contributed by atoms with Crippen LogP contribution < -0.4 is 9.80 Å². The van der Waals surface area contributed by atoms with E-state index in [2.05, 4.69) is 99.9 Å². The summed E-state index contributed by atoms with van der Waals surface area (Å²) in [7, 11) is 0. The van der Waals surface area contributed by atoms with Gasteiger partial charge in [0.2, 0.25) is 0 Å². The molecule has 190 valence electrons. The number of pyridine rings is 2. The van der Waals surface area contributed by atoms with Crippen LogP contribution in [-0.4, -0.2) is 36.1 Å². The van der Waals surface area contributed by atoms with Gasteiger partial charge < -0.3 is 9.80 Å². The summed E-state index contributed by atoms with van der Waals surface area (Å²) in [5, 5.41) is 0. The van der Waals surface area contributed by atoms with Crippen molar-refractivity contribution in [2.24, 2.45) is 0 Å². The van der Waals surface area contributed by atoms with Crippen molar-refractivity contribution in [3.05, 3.63) is 94.3 Å². The van der Waals surface area contributed by atoms with E-state index in [0.717, 1.165) is 44.2 Å². The Morgan fingerprint density at radius 3 is 1.19 bits per heavy atom. The van der Waals surface area contributed by atoms with Crippen LogP contribution in [0.5, 0.6) is 0 Å². The Hall–Kier alpha value is -3.66. The summed E-state index contributed by atoms with van der Waals surface area (Å²) in [6, 6.07) is 17.8. The molecule has 1 fully saturated rings. The van der Waals surface area contributed by atoms with Crippen molar-refractivity contribution < 1.29 is 0 Å². The van der Waals surface area contributed by atoms with Gasteiger partial charge in [-0.25, -0.2) is 9.97 Å². The summed E-state index contributed by atoms with van der Waals surface area (Å²) in [6.45, 7) is 17.0. The molecule has 0 atom stereocenters. The van der Waals surface area contributed by atoms with Gasteiger partial charge in [-0.1, -0.05) is 24.3 Å². The quantitative estimate of drug-likeness (QED) is 0.299. The molecule has 4 heteroatoms. The standard InChI is InChI=1S/C33H38N4/c1-22-16-30(17-23(2)26(22)5)28-8-10-32(34-20-28)36-12-7-13-37(15-14-36)33-11-9-29(21-35-33)31-18-24(3)27(6)25(4)19-31/h8-11,16-21H,7,12-15H2,1-6H3. The summed E-state index contributed by atoms with van der Waals surface area (Å²) in [5.74, 6) is 2.11. The molecule has 37 heavy (non-hydrogen) atoms. The highest BCUT2D eigenvalue weighted by Gasteiger charge is 2.18. The van der Waals surface area contributed by atoms with E-state index >= 15 is 0 Å². The molecule has 0 bridgehead atoms. The van der Waals surface area contributed by atoms with E-state index in [4.69, 9.17) is 9.97 Å². The summed E-state index contributed by atoms with van der Waals surface area (Å²) >= 11 is 0. The minimum Gasteiger partial charge on any atom is -0.355 e. The lowest BCUT2D eigenvalue weighted by molar-refractivity contribution is 0.794. The van der Waals surface area contributed by atoms with Crippen LogP contribution in [0.2, 0.25) is 0 Å². The van der Waals surface area contributed by atoms with Crippen molar-refractivity contribution in [1.82, 2.24) is 9.97 Å². The number of aromatic nitrogens is 2. The maximum Gasteiger partial charge on any atom is 0.128 e. The first-order valence-corrected chi connectivity index (χ1v) is 13.4. The molecule has 2 aromatic heterocycles. The lowest BCUT2D eigenvalue weighted by Crippen LogP contribution is -2.31. The van der Waals surface area contributed by atoms with Crippen LogP contribution in [0, 0.1) is 41.5 Å². The first-order valence-electron chi connectivity index (χ1n) is 13.4. The molecule has 0 radical (unpaired) electrons. The minimum atomic E-state index is 0.939. The Morgan fingerprint density at radius 1 is 0.486 bits per heavy atom. The van der Waals surface area contributed by atoms with Gasteiger partial charge in [0.05, 0.1) is 0 Å². The van der Waals surface area contributed by atoms with Crippen LogP contribution in [-0.2, 0) is 0 Å². The number of nitrogens with zero attached hydrogens (tertiary/aromatic N) is 4. The molecule has 1 saturated heterocycles. The predicted octanol–water partition coefficient (Wildman–Crippen LogP) is 7.38. The summed E-state index contributed by atoms with van der Waals surface area (Å²) in [5.41, 5.74) is 12.9. The van der Waals surface area contributed by atoms with E-state index in [9.17, 15) is 0 Å². The minimum absolute atomic E-state index is 0.939. The number of benzene rings is 2. The molecule has 4 aromatic rings. The van der Waals surface area contributed by atoms with E-state index in [-0.39, 0.29) is 0 Å². The van der Waals surface area contributed by atoms with E-state index in [1.807, 2.05) is 12.4 Å². The Balaban J connectivity index is 1.26. The van der Waals surface area contributed by atoms with Crippen molar-refractivity contribution in [3.8, 4) is 22.3 Å². The van der Waals surface area contributed by atoms with Crippen molar-refractivity contribution in [2.75, 3.05) is 36.0 Å². The molecular formula is C33H38N4. The zero-order chi connectivity index (χ0) is 26.1. The van der Waals surface area contributed by atoms with Gasteiger partial charge in [0.1, 0.15) is 11.6 Å². The SMILES string of the molecule is Cc1cc(-c2ccc(N3CCCN(c4ccc(-c5cc(C)c(C)c(C)c5)cn4)CC3)nc2)cc(C)c1C. The molecule has 0 saturated carbocycles. The van der Waals surface area contributed by atoms with E-state index in [1.54, 1.807) is 0 Å². The predicted molar refractivity (Wildman–Crippen MR) is 157 cm³/mol. The highest BCUT2D eigenvalue weighted by atomic mass is 15.3. The van der Waals surface area contributed by atoms with Crippen LogP contribution >= 0.6 is 0 Å². The Labute approximate surface area is 222 Å². The van der Waals surface area contributed by atoms with Gasteiger partial charge >= 0.3 is 0 Å². The van der Waals surface area contributed by atoms with Gasteiger partial charge in [-0.3, -0.25) is 0 Å². The molecule has 5 rings (SSSR count). The number of hydrogen-bond acceptors (Lipinski definition) is 4. The lowest BCUT2D eigenvalue weighted by Gasteiger charge is -2.24. The average Bonchev–Trinajstić information content (AvgIpc) is 3.16. The molecule has 0 aliphatic carbocycles. The summed E-state index contributed by atoms with van der Waals surface area (Å²) < 4.78 is 0. The van der Waals surface area contributed by atoms with Gasteiger partial charge in [0, 0.05) is 49.7 Å². The lowest BCUT2D eigenvalue weighted by atomic mass is 9.97. The largest absolute Gasteiger partial charge is 0.355 e. The Morgan fingerprint density at radius 2 is 0.865 bits per heavy atom. The molecule has 0 N–H and O–H groups in total. The monoisotopic (exact) mass is 490 g/mol. The third kappa shape index (κ3) is 5.24. The van der Waals surface area contributed by atoms with Crippen molar-refractivity contribution in [1.29, 1.82) is 0 Å². The third-order valence-electron chi connectivity index (χ3n) is 8.16. The molecule has 3 heterocycles. The summed E-state index contributed by atoms with van der Waals surface area (Å²) in [6.07, 6.45) is 5.13. The normalized spacial score (nSPS) is 14.1. The second-order valence-electron chi connectivity index (χ2n) is 10.6. The van der Waals surface area contributed by atoms with Crippen molar-refractivity contribution >= 4 is 11.6 Å². The zero-order valence-electron chi connectivity index (χ0n) is 23.1. The molecule has 1 aliphatic heterocycles. The molecular weight excluding hydrogens is 452 g/mol. The van der Waals surface area contributed by atoms with E-state index in [1.165, 1.54) is 55.6 Å². The highest BCUT2D eigenvalue weighted by molar-refractivity contribution is 5.68. The average molecular weight is 491 g/mol. The molecule has 0 spiro atoms. The maximum absolute atomic E-state index is 4.86. The highest BCUT2D eigenvalue weighted by Crippen LogP contribution is 2.28. The number of aryl methyl sites for hydroxylation is 4. The first kappa shape index (κ1) is 25.0. The fourth-order valence-electron chi connectivity index (χ4n) is 5.27. The van der Waals surface area contributed by atoms with Gasteiger partial charge in [0.25, 0.3) is 0 Å². The first-order chi connectivity index (χ1) is 17.8. The van der Waals surface area contributed by atoms with Crippen LogP contribution in [0.15, 0.2) is 60.9 Å². The van der Waals surface area contributed by atoms with E-state index < -0.39 is 0 Å². The summed E-state index contributed by atoms with van der Waals surface area (Å²) in [4.78, 5) is 14.5. The smallest absolute Gasteiger partial charge is 0.128 e. The van der Waals surface area contributed by atoms with Gasteiger partial charge in [0.15, 0.2) is 0 Å². The van der Waals surface area contributed by atoms with Gasteiger partial charge in [-0.2, -0.15) is 0 Å². The Kier molecular flexibility index (Phi) is 7.01. The number of anilines is 2. The van der Waals surface area contributed by atoms with Crippen LogP contribution in [0.4, 0.5) is 11.6 Å². The number of hydrogen-bond donors (Lipinski definition) is 0. The molecule has 2 aromatic carbocycles. The van der Waals surface area contributed by atoms with Crippen molar-refractivity contribution in [2.45, 2.75) is 48.0 Å². The Bertz CT molecular complexity index is 1250. The topological polar surface area (TPSA) is 32.3 Å². The molecule has 0 amide bonds. The van der Waals surface area contributed by atoms with Crippen LogP contribution in [0.25, 0.3) is 22.3 Å². The van der Waals surface area contributed by atoms with Crippen molar-refractivity contribution in [3.63, 3.8) is 0 Å². The van der Waals surface area contributed by atoms with Crippen LogP contribution in [0.1, 0.15) is 39.8 Å². The molecule has 1 aliphatic rings. The molecule has 4 nitrogen and oxygen atoms in total. The zero-order valence-corrected chi connectivity index (χ0v) is 23.1. The van der Waals surface area contributed by atoms with Gasteiger partial charge in [-0.15, -0.1) is 0 Å². The fraction of sp³-hybridized carbons (Fsp3) is 0.333. The third-order valence-corrected chi connectivity index (χ3v) is 8.16. The second kappa shape index (κ2) is 10.4. The van der Waals surface area contributed by atoms with Crippen LogP contribution in [0.3, 0.4) is 0 Å².